The summed E-state index contributed by atoms with van der Waals surface area (Å²) in [6, 6.07) is 6.95. The SMILES string of the molecule is C[C@@H]1O[C@@H](c2cccc(N=C=S)c2)[C@@H](O)[C@H](O)[C@@H]1O. The Balaban J connectivity index is 2.30. The molecule has 1 saturated heterocycles. The van der Waals surface area contributed by atoms with Gasteiger partial charge in [-0.1, -0.05) is 12.1 Å². The average Bonchev–Trinajstić information content (AvgIpc) is 2.41. The fourth-order valence-corrected chi connectivity index (χ4v) is 2.26. The van der Waals surface area contributed by atoms with Crippen molar-refractivity contribution in [1.82, 2.24) is 0 Å². The molecule has 1 heterocycles. The van der Waals surface area contributed by atoms with Gasteiger partial charge >= 0.3 is 0 Å². The van der Waals surface area contributed by atoms with Crippen molar-refractivity contribution in [3.63, 3.8) is 0 Å². The Morgan fingerprint density at radius 2 is 1.95 bits per heavy atom. The van der Waals surface area contributed by atoms with Crippen LogP contribution in [-0.2, 0) is 4.74 Å². The zero-order chi connectivity index (χ0) is 14.0. The van der Waals surface area contributed by atoms with Gasteiger partial charge in [0.1, 0.15) is 24.4 Å². The summed E-state index contributed by atoms with van der Waals surface area (Å²) in [6.07, 6.45) is -4.83. The molecule has 1 fully saturated rings. The first-order valence-corrected chi connectivity index (χ1v) is 6.33. The molecule has 5 nitrogen and oxygen atoms in total. The van der Waals surface area contributed by atoms with Crippen LogP contribution in [0.2, 0.25) is 0 Å². The van der Waals surface area contributed by atoms with E-state index in [1.807, 2.05) is 0 Å². The Bertz CT molecular complexity index is 503. The van der Waals surface area contributed by atoms with Crippen molar-refractivity contribution in [1.29, 1.82) is 0 Å². The second-order valence-corrected chi connectivity index (χ2v) is 4.71. The van der Waals surface area contributed by atoms with Gasteiger partial charge in [-0.15, -0.1) is 0 Å². The number of ether oxygens (including phenoxy) is 1. The van der Waals surface area contributed by atoms with Crippen LogP contribution in [0.4, 0.5) is 5.69 Å². The largest absolute Gasteiger partial charge is 0.388 e. The molecule has 0 aliphatic carbocycles. The van der Waals surface area contributed by atoms with Crippen molar-refractivity contribution in [2.45, 2.75) is 37.4 Å². The molecule has 0 radical (unpaired) electrons. The number of benzene rings is 1. The molecule has 1 aliphatic heterocycles. The number of hydrogen-bond acceptors (Lipinski definition) is 6. The Morgan fingerprint density at radius 3 is 2.63 bits per heavy atom. The molecule has 1 aliphatic rings. The quantitative estimate of drug-likeness (QED) is 0.556. The van der Waals surface area contributed by atoms with Crippen LogP contribution in [0.5, 0.6) is 0 Å². The minimum atomic E-state index is -1.24. The van der Waals surface area contributed by atoms with Crippen LogP contribution in [0.15, 0.2) is 29.3 Å². The fourth-order valence-electron chi connectivity index (χ4n) is 2.15. The first-order chi connectivity index (χ1) is 9.04. The smallest absolute Gasteiger partial charge is 0.113 e. The van der Waals surface area contributed by atoms with Crippen molar-refractivity contribution in [2.75, 3.05) is 0 Å². The summed E-state index contributed by atoms with van der Waals surface area (Å²) in [5, 5.41) is 31.7. The number of hydrogen-bond donors (Lipinski definition) is 3. The third-order valence-corrected chi connectivity index (χ3v) is 3.32. The van der Waals surface area contributed by atoms with Gasteiger partial charge in [-0.3, -0.25) is 0 Å². The van der Waals surface area contributed by atoms with Gasteiger partial charge in [0, 0.05) is 0 Å². The number of aliphatic hydroxyl groups is 3. The second kappa shape index (κ2) is 5.88. The number of nitrogens with zero attached hydrogens (tertiary/aromatic N) is 1. The lowest BCUT2D eigenvalue weighted by molar-refractivity contribution is -0.219. The van der Waals surface area contributed by atoms with E-state index in [-0.39, 0.29) is 0 Å². The van der Waals surface area contributed by atoms with Crippen LogP contribution in [0.1, 0.15) is 18.6 Å². The van der Waals surface area contributed by atoms with E-state index in [1.54, 1.807) is 31.2 Å². The molecule has 3 N–H and O–H groups in total. The highest BCUT2D eigenvalue weighted by molar-refractivity contribution is 7.78. The van der Waals surface area contributed by atoms with E-state index < -0.39 is 30.5 Å². The first kappa shape index (κ1) is 14.3. The van der Waals surface area contributed by atoms with Crippen LogP contribution in [0, 0.1) is 0 Å². The van der Waals surface area contributed by atoms with E-state index >= 15 is 0 Å². The van der Waals surface area contributed by atoms with Crippen molar-refractivity contribution in [3.8, 4) is 0 Å². The molecular weight excluding hydrogens is 266 g/mol. The highest BCUT2D eigenvalue weighted by atomic mass is 32.1. The minimum Gasteiger partial charge on any atom is -0.388 e. The Labute approximate surface area is 116 Å². The summed E-state index contributed by atoms with van der Waals surface area (Å²) in [5.41, 5.74) is 1.26. The maximum atomic E-state index is 10.00. The average molecular weight is 281 g/mol. The molecular formula is C13H15NO4S. The predicted molar refractivity (Wildman–Crippen MR) is 72.4 cm³/mol. The third kappa shape index (κ3) is 2.90. The van der Waals surface area contributed by atoms with Gasteiger partial charge < -0.3 is 20.1 Å². The number of isothiocyanates is 1. The summed E-state index contributed by atoms with van der Waals surface area (Å²) in [6.45, 7) is 1.64. The van der Waals surface area contributed by atoms with E-state index in [0.29, 0.717) is 11.3 Å². The van der Waals surface area contributed by atoms with Crippen LogP contribution < -0.4 is 0 Å². The minimum absolute atomic E-state index is 0.568. The molecule has 6 heteroatoms. The molecule has 102 valence electrons. The maximum Gasteiger partial charge on any atom is 0.113 e. The standard InChI is InChI=1S/C13H15NO4S/c1-7-10(15)11(16)12(17)13(18-7)8-3-2-4-9(5-8)14-6-19/h2-5,7,10-13,15-17H,1H3/t7-,10+,11+,12-,13-/m0/s1. The molecule has 5 atom stereocenters. The lowest BCUT2D eigenvalue weighted by Crippen LogP contribution is -2.53. The first-order valence-electron chi connectivity index (χ1n) is 5.92. The Hall–Kier alpha value is -1.14. The highest BCUT2D eigenvalue weighted by Crippen LogP contribution is 2.33. The number of aliphatic hydroxyl groups excluding tert-OH is 3. The van der Waals surface area contributed by atoms with Crippen LogP contribution in [0.25, 0.3) is 0 Å². The van der Waals surface area contributed by atoms with Gasteiger partial charge in [0.05, 0.1) is 17.0 Å². The molecule has 1 aromatic rings. The number of aliphatic imine (C=N–C) groups is 1. The van der Waals surface area contributed by atoms with Gasteiger partial charge in [-0.25, -0.2) is 0 Å². The van der Waals surface area contributed by atoms with Crippen LogP contribution in [0.3, 0.4) is 0 Å². The zero-order valence-electron chi connectivity index (χ0n) is 10.3. The molecule has 0 unspecified atom stereocenters. The van der Waals surface area contributed by atoms with E-state index in [4.69, 9.17) is 4.74 Å². The molecule has 0 spiro atoms. The normalized spacial score (nSPS) is 34.6. The topological polar surface area (TPSA) is 82.3 Å². The van der Waals surface area contributed by atoms with Crippen LogP contribution >= 0.6 is 12.2 Å². The fraction of sp³-hybridized carbons (Fsp3) is 0.462. The van der Waals surface area contributed by atoms with Crippen LogP contribution in [-0.4, -0.2) is 44.9 Å². The summed E-state index contributed by atoms with van der Waals surface area (Å²) >= 11 is 4.54. The monoisotopic (exact) mass is 281 g/mol. The molecule has 0 aromatic heterocycles. The Kier molecular flexibility index (Phi) is 4.42. The molecule has 0 amide bonds. The van der Waals surface area contributed by atoms with E-state index in [2.05, 4.69) is 22.4 Å². The molecule has 1 aromatic carbocycles. The summed E-state index contributed by atoms with van der Waals surface area (Å²) in [5.74, 6) is 0. The summed E-state index contributed by atoms with van der Waals surface area (Å²) < 4.78 is 5.55. The molecule has 0 saturated carbocycles. The van der Waals surface area contributed by atoms with Gasteiger partial charge in [0.15, 0.2) is 0 Å². The van der Waals surface area contributed by atoms with Gasteiger partial charge in [-0.05, 0) is 36.8 Å². The van der Waals surface area contributed by atoms with Gasteiger partial charge in [0.25, 0.3) is 0 Å². The van der Waals surface area contributed by atoms with E-state index in [9.17, 15) is 15.3 Å². The number of rotatable bonds is 2. The van der Waals surface area contributed by atoms with Crippen molar-refractivity contribution in [2.24, 2.45) is 4.99 Å². The van der Waals surface area contributed by atoms with Gasteiger partial charge in [-0.2, -0.15) is 4.99 Å². The van der Waals surface area contributed by atoms with Gasteiger partial charge in [0.2, 0.25) is 0 Å². The van der Waals surface area contributed by atoms with E-state index in [0.717, 1.165) is 0 Å². The van der Waals surface area contributed by atoms with Crippen molar-refractivity contribution in [3.05, 3.63) is 29.8 Å². The molecule has 0 bridgehead atoms. The lowest BCUT2D eigenvalue weighted by Gasteiger charge is -2.39. The highest BCUT2D eigenvalue weighted by Gasteiger charge is 2.42. The second-order valence-electron chi connectivity index (χ2n) is 4.53. The summed E-state index contributed by atoms with van der Waals surface area (Å²) in [7, 11) is 0. The van der Waals surface area contributed by atoms with Crippen molar-refractivity contribution >= 4 is 23.1 Å². The lowest BCUT2D eigenvalue weighted by atomic mass is 9.91. The predicted octanol–water partition coefficient (Wildman–Crippen LogP) is 0.963. The maximum absolute atomic E-state index is 10.00. The Morgan fingerprint density at radius 1 is 1.21 bits per heavy atom. The van der Waals surface area contributed by atoms with E-state index in [1.165, 1.54) is 0 Å². The number of thiocarbonyl (C=S) groups is 1. The summed E-state index contributed by atoms with van der Waals surface area (Å²) in [4.78, 5) is 3.86. The molecule has 19 heavy (non-hydrogen) atoms. The molecule has 2 rings (SSSR count). The zero-order valence-corrected chi connectivity index (χ0v) is 11.1. The third-order valence-electron chi connectivity index (χ3n) is 3.23. The van der Waals surface area contributed by atoms with Crippen molar-refractivity contribution < 1.29 is 20.1 Å².